The number of amidine groups is 1. The number of methoxy groups -OCH3 is 1. The Labute approximate surface area is 156 Å². The molecule has 2 aromatic carbocycles. The number of carbonyl (C=O) groups is 1. The lowest BCUT2D eigenvalue weighted by Crippen LogP contribution is -2.29. The van der Waals surface area contributed by atoms with Crippen LogP contribution in [0, 0.1) is 0 Å². The highest BCUT2D eigenvalue weighted by atomic mass is 32.2. The van der Waals surface area contributed by atoms with Gasteiger partial charge in [-0.25, -0.2) is 4.99 Å². The van der Waals surface area contributed by atoms with Crippen molar-refractivity contribution < 1.29 is 14.6 Å². The second-order valence-corrected chi connectivity index (χ2v) is 6.51. The number of amides is 1. The van der Waals surface area contributed by atoms with Crippen LogP contribution in [0.25, 0.3) is 6.08 Å². The molecular weight excluding hydrogens is 348 g/mol. The number of carbonyl (C=O) groups excluding carboxylic acids is 1. The van der Waals surface area contributed by atoms with Crippen molar-refractivity contribution in [3.8, 4) is 11.5 Å². The van der Waals surface area contributed by atoms with E-state index in [9.17, 15) is 9.90 Å². The minimum absolute atomic E-state index is 0.121. The first kappa shape index (κ1) is 17.8. The minimum atomic E-state index is -0.121. The molecule has 0 bridgehead atoms. The smallest absolute Gasteiger partial charge is 0.267 e. The Bertz CT molecular complexity index is 888. The lowest BCUT2D eigenvalue weighted by atomic mass is 10.2. The number of hydrogen-bond donors (Lipinski definition) is 1. The van der Waals surface area contributed by atoms with Gasteiger partial charge in [0.25, 0.3) is 5.91 Å². The number of rotatable bonds is 5. The average Bonchev–Trinajstić information content (AvgIpc) is 2.91. The zero-order valence-electron chi connectivity index (χ0n) is 14.3. The molecule has 0 spiro atoms. The van der Waals surface area contributed by atoms with Crippen LogP contribution in [0.4, 0.5) is 5.69 Å². The molecule has 3 rings (SSSR count). The zero-order valence-corrected chi connectivity index (χ0v) is 15.1. The van der Waals surface area contributed by atoms with E-state index in [1.54, 1.807) is 42.4 Å². The molecule has 5 nitrogen and oxygen atoms in total. The molecule has 0 atom stereocenters. The summed E-state index contributed by atoms with van der Waals surface area (Å²) in [7, 11) is 1.61. The van der Waals surface area contributed by atoms with E-state index in [4.69, 9.17) is 4.74 Å². The number of hydrogen-bond acceptors (Lipinski definition) is 5. The summed E-state index contributed by atoms with van der Waals surface area (Å²) in [5.74, 6) is 0.770. The summed E-state index contributed by atoms with van der Waals surface area (Å²) in [6.07, 6.45) is 3.49. The van der Waals surface area contributed by atoms with Crippen LogP contribution >= 0.6 is 11.8 Å². The number of aromatic hydroxyl groups is 1. The third-order valence-electron chi connectivity index (χ3n) is 3.67. The van der Waals surface area contributed by atoms with Crippen molar-refractivity contribution in [2.45, 2.75) is 0 Å². The molecule has 2 aromatic rings. The molecule has 0 aromatic heterocycles. The van der Waals surface area contributed by atoms with E-state index in [1.807, 2.05) is 30.3 Å². The molecule has 1 N–H and O–H groups in total. The number of thioether (sulfide) groups is 1. The van der Waals surface area contributed by atoms with E-state index in [-0.39, 0.29) is 11.7 Å². The fourth-order valence-electron chi connectivity index (χ4n) is 2.41. The number of nitrogens with zero attached hydrogens (tertiary/aromatic N) is 2. The second kappa shape index (κ2) is 7.93. The third kappa shape index (κ3) is 3.97. The Morgan fingerprint density at radius 3 is 2.69 bits per heavy atom. The monoisotopic (exact) mass is 366 g/mol. The molecule has 1 aliphatic rings. The second-order valence-electron chi connectivity index (χ2n) is 5.50. The summed E-state index contributed by atoms with van der Waals surface area (Å²) in [6.45, 7) is 4.08. The van der Waals surface area contributed by atoms with Crippen LogP contribution in [0.2, 0.25) is 0 Å². The fraction of sp³-hybridized carbons (Fsp3) is 0.100. The fourth-order valence-corrected chi connectivity index (χ4v) is 3.41. The number of phenolic OH excluding ortho intramolecular Hbond substituents is 1. The van der Waals surface area contributed by atoms with Gasteiger partial charge in [0.1, 0.15) is 11.5 Å². The maximum Gasteiger partial charge on any atom is 0.267 e. The normalized spacial score (nSPS) is 17.1. The van der Waals surface area contributed by atoms with Crippen molar-refractivity contribution in [1.82, 2.24) is 4.90 Å². The van der Waals surface area contributed by atoms with Crippen molar-refractivity contribution in [1.29, 1.82) is 0 Å². The lowest BCUT2D eigenvalue weighted by Gasteiger charge is -2.12. The summed E-state index contributed by atoms with van der Waals surface area (Å²) < 4.78 is 5.15. The van der Waals surface area contributed by atoms with Gasteiger partial charge < -0.3 is 9.84 Å². The largest absolute Gasteiger partial charge is 0.508 e. The number of aliphatic imine (C=N–C) groups is 1. The molecule has 1 amide bonds. The van der Waals surface area contributed by atoms with Crippen molar-refractivity contribution in [3.05, 3.63) is 71.7 Å². The van der Waals surface area contributed by atoms with E-state index >= 15 is 0 Å². The molecule has 1 heterocycles. The molecule has 1 fully saturated rings. The van der Waals surface area contributed by atoms with Crippen LogP contribution in [0.3, 0.4) is 0 Å². The SMILES string of the molecule is C=CCN1C(=O)/C(=C\c2ccc(OC)cc2)SC1=Nc1cccc(O)c1. The molecule has 1 saturated heterocycles. The predicted molar refractivity (Wildman–Crippen MR) is 106 cm³/mol. The molecule has 0 aliphatic carbocycles. The van der Waals surface area contributed by atoms with Gasteiger partial charge in [0.05, 0.1) is 17.7 Å². The maximum atomic E-state index is 12.7. The highest BCUT2D eigenvalue weighted by Gasteiger charge is 2.32. The van der Waals surface area contributed by atoms with Gasteiger partial charge >= 0.3 is 0 Å². The van der Waals surface area contributed by atoms with Crippen LogP contribution in [-0.2, 0) is 4.79 Å². The van der Waals surface area contributed by atoms with Gasteiger partial charge in [-0.3, -0.25) is 9.69 Å². The first-order chi connectivity index (χ1) is 12.6. The van der Waals surface area contributed by atoms with Crippen molar-refractivity contribution in [3.63, 3.8) is 0 Å². The molecule has 0 unspecified atom stereocenters. The third-order valence-corrected chi connectivity index (χ3v) is 4.67. The van der Waals surface area contributed by atoms with Crippen LogP contribution in [0.15, 0.2) is 71.1 Å². The summed E-state index contributed by atoms with van der Waals surface area (Å²) in [4.78, 5) is 19.4. The van der Waals surface area contributed by atoms with Gasteiger partial charge in [-0.05, 0) is 47.7 Å². The number of benzene rings is 2. The molecule has 0 radical (unpaired) electrons. The molecular formula is C20H18N2O3S. The standard InChI is InChI=1S/C20H18N2O3S/c1-3-11-22-19(24)18(12-14-7-9-17(25-2)10-8-14)26-20(22)21-15-5-4-6-16(23)13-15/h3-10,12-13,23H,1,11H2,2H3/b18-12+,21-20?. The van der Waals surface area contributed by atoms with Crippen molar-refractivity contribution in [2.75, 3.05) is 13.7 Å². The van der Waals surface area contributed by atoms with Crippen LogP contribution in [-0.4, -0.2) is 34.7 Å². The molecule has 132 valence electrons. The zero-order chi connectivity index (χ0) is 18.5. The topological polar surface area (TPSA) is 62.1 Å². The van der Waals surface area contributed by atoms with E-state index in [2.05, 4.69) is 11.6 Å². The lowest BCUT2D eigenvalue weighted by molar-refractivity contribution is -0.121. The van der Waals surface area contributed by atoms with Gasteiger partial charge in [-0.1, -0.05) is 24.3 Å². The van der Waals surface area contributed by atoms with Gasteiger partial charge in [-0.2, -0.15) is 0 Å². The molecule has 0 saturated carbocycles. The van der Waals surface area contributed by atoms with E-state index in [1.165, 1.54) is 11.8 Å². The van der Waals surface area contributed by atoms with Crippen molar-refractivity contribution in [2.24, 2.45) is 4.99 Å². The highest BCUT2D eigenvalue weighted by molar-refractivity contribution is 8.18. The first-order valence-electron chi connectivity index (χ1n) is 7.95. The van der Waals surface area contributed by atoms with Crippen molar-refractivity contribution >= 4 is 34.6 Å². The Kier molecular flexibility index (Phi) is 5.43. The molecule has 6 heteroatoms. The van der Waals surface area contributed by atoms with E-state index < -0.39 is 0 Å². The first-order valence-corrected chi connectivity index (χ1v) is 8.76. The van der Waals surface area contributed by atoms with Gasteiger partial charge in [0.2, 0.25) is 0 Å². The Morgan fingerprint density at radius 2 is 2.04 bits per heavy atom. The van der Waals surface area contributed by atoms with Crippen LogP contribution in [0.1, 0.15) is 5.56 Å². The van der Waals surface area contributed by atoms with Gasteiger partial charge in [-0.15, -0.1) is 6.58 Å². The van der Waals surface area contributed by atoms with E-state index in [0.29, 0.717) is 22.3 Å². The average molecular weight is 366 g/mol. The van der Waals surface area contributed by atoms with Crippen LogP contribution in [0.5, 0.6) is 11.5 Å². The summed E-state index contributed by atoms with van der Waals surface area (Å²) in [5.41, 5.74) is 1.49. The Morgan fingerprint density at radius 1 is 1.27 bits per heavy atom. The quantitative estimate of drug-likeness (QED) is 0.637. The number of phenols is 1. The molecule has 26 heavy (non-hydrogen) atoms. The Hall–Kier alpha value is -2.99. The van der Waals surface area contributed by atoms with E-state index in [0.717, 1.165) is 11.3 Å². The Balaban J connectivity index is 1.92. The maximum absolute atomic E-state index is 12.7. The molecule has 1 aliphatic heterocycles. The minimum Gasteiger partial charge on any atom is -0.508 e. The predicted octanol–water partition coefficient (Wildman–Crippen LogP) is 4.19. The highest BCUT2D eigenvalue weighted by Crippen LogP contribution is 2.34. The number of ether oxygens (including phenoxy) is 1. The summed E-state index contributed by atoms with van der Waals surface area (Å²) in [5, 5.41) is 10.2. The van der Waals surface area contributed by atoms with Gasteiger partial charge in [0, 0.05) is 12.6 Å². The summed E-state index contributed by atoms with van der Waals surface area (Å²) >= 11 is 1.30. The van der Waals surface area contributed by atoms with Gasteiger partial charge in [0.15, 0.2) is 5.17 Å². The summed E-state index contributed by atoms with van der Waals surface area (Å²) in [6, 6.07) is 14.1. The van der Waals surface area contributed by atoms with Crippen LogP contribution < -0.4 is 4.74 Å².